The number of hydrogen-bond donors (Lipinski definition) is 0. The van der Waals surface area contributed by atoms with Gasteiger partial charge in [-0.15, -0.1) is 0 Å². The van der Waals surface area contributed by atoms with Crippen LogP contribution in [-0.4, -0.2) is 23.3 Å². The van der Waals surface area contributed by atoms with Gasteiger partial charge in [0.05, 0.1) is 17.9 Å². The minimum absolute atomic E-state index is 0.141. The molecule has 0 N–H and O–H groups in total. The van der Waals surface area contributed by atoms with E-state index in [1.807, 2.05) is 30.3 Å². The summed E-state index contributed by atoms with van der Waals surface area (Å²) in [7, 11) is 0. The zero-order valence-corrected chi connectivity index (χ0v) is 11.4. The quantitative estimate of drug-likeness (QED) is 0.632. The largest absolute Gasteiger partial charge is 0.462 e. The fraction of sp³-hybridized carbons (Fsp3) is 0.188. The second-order valence-electron chi connectivity index (χ2n) is 4.24. The first kappa shape index (κ1) is 13.9. The number of esters is 1. The van der Waals surface area contributed by atoms with Crippen molar-refractivity contribution >= 4 is 11.8 Å². The fourth-order valence-corrected chi connectivity index (χ4v) is 1.84. The predicted octanol–water partition coefficient (Wildman–Crippen LogP) is 3.13. The highest BCUT2D eigenvalue weighted by Gasteiger charge is 2.17. The maximum atomic E-state index is 12.0. The third kappa shape index (κ3) is 2.91. The first-order chi connectivity index (χ1) is 9.63. The van der Waals surface area contributed by atoms with Crippen molar-refractivity contribution in [3.63, 3.8) is 0 Å². The number of pyridine rings is 1. The molecule has 1 heterocycles. The number of aromatic nitrogens is 1. The second kappa shape index (κ2) is 6.10. The summed E-state index contributed by atoms with van der Waals surface area (Å²) in [6, 6.07) is 12.4. The third-order valence-corrected chi connectivity index (χ3v) is 2.80. The number of ketones is 1. The number of hydrogen-bond acceptors (Lipinski definition) is 4. The van der Waals surface area contributed by atoms with Gasteiger partial charge >= 0.3 is 5.97 Å². The minimum Gasteiger partial charge on any atom is -0.462 e. The van der Waals surface area contributed by atoms with E-state index < -0.39 is 5.97 Å². The summed E-state index contributed by atoms with van der Waals surface area (Å²) in [5.74, 6) is -0.577. The number of nitrogens with zero attached hydrogens (tertiary/aromatic N) is 1. The summed E-state index contributed by atoms with van der Waals surface area (Å²) in [6.45, 7) is 3.49. The van der Waals surface area contributed by atoms with Crippen molar-refractivity contribution in [2.75, 3.05) is 6.61 Å². The van der Waals surface area contributed by atoms with Gasteiger partial charge in [-0.25, -0.2) is 9.78 Å². The van der Waals surface area contributed by atoms with Crippen molar-refractivity contribution in [1.82, 2.24) is 4.98 Å². The van der Waals surface area contributed by atoms with E-state index in [2.05, 4.69) is 4.98 Å². The van der Waals surface area contributed by atoms with Crippen molar-refractivity contribution in [1.29, 1.82) is 0 Å². The molecule has 0 aliphatic heterocycles. The van der Waals surface area contributed by atoms with Crippen LogP contribution in [0.4, 0.5) is 0 Å². The van der Waals surface area contributed by atoms with Gasteiger partial charge < -0.3 is 4.74 Å². The smallest absolute Gasteiger partial charge is 0.340 e. The average molecular weight is 269 g/mol. The Balaban J connectivity index is 2.57. The van der Waals surface area contributed by atoms with Gasteiger partial charge in [-0.3, -0.25) is 4.79 Å². The van der Waals surface area contributed by atoms with Crippen molar-refractivity contribution in [2.24, 2.45) is 0 Å². The normalized spacial score (nSPS) is 10.1. The second-order valence-corrected chi connectivity index (χ2v) is 4.24. The van der Waals surface area contributed by atoms with Gasteiger partial charge in [-0.1, -0.05) is 30.3 Å². The summed E-state index contributed by atoms with van der Waals surface area (Å²) in [5, 5.41) is 0. The first-order valence-corrected chi connectivity index (χ1v) is 6.38. The van der Waals surface area contributed by atoms with E-state index >= 15 is 0 Å². The molecule has 1 aromatic carbocycles. The SMILES string of the molecule is CCOC(=O)c1ccc(C(C)=O)nc1-c1ccccc1. The van der Waals surface area contributed by atoms with E-state index in [1.165, 1.54) is 6.92 Å². The van der Waals surface area contributed by atoms with E-state index in [4.69, 9.17) is 4.74 Å². The molecule has 0 atom stereocenters. The Morgan fingerprint density at radius 2 is 1.80 bits per heavy atom. The fourth-order valence-electron chi connectivity index (χ4n) is 1.84. The number of benzene rings is 1. The highest BCUT2D eigenvalue weighted by Crippen LogP contribution is 2.23. The summed E-state index contributed by atoms with van der Waals surface area (Å²) in [6.07, 6.45) is 0. The first-order valence-electron chi connectivity index (χ1n) is 6.38. The molecule has 4 nitrogen and oxygen atoms in total. The summed E-state index contributed by atoms with van der Waals surface area (Å²) in [5.41, 5.74) is 1.94. The molecule has 0 bridgehead atoms. The van der Waals surface area contributed by atoms with Gasteiger partial charge in [0.15, 0.2) is 5.78 Å². The molecule has 0 aliphatic carbocycles. The lowest BCUT2D eigenvalue weighted by Gasteiger charge is -2.09. The molecular formula is C16H15NO3. The van der Waals surface area contributed by atoms with Gasteiger partial charge in [0, 0.05) is 12.5 Å². The highest BCUT2D eigenvalue weighted by atomic mass is 16.5. The van der Waals surface area contributed by atoms with Gasteiger partial charge in [-0.2, -0.15) is 0 Å². The number of Topliss-reactive ketones (excluding diaryl/α,β-unsaturated/α-hetero) is 1. The Labute approximate surface area is 117 Å². The van der Waals surface area contributed by atoms with Crippen molar-refractivity contribution < 1.29 is 14.3 Å². The van der Waals surface area contributed by atoms with E-state index in [9.17, 15) is 9.59 Å². The minimum atomic E-state index is -0.436. The van der Waals surface area contributed by atoms with Crippen LogP contribution in [0, 0.1) is 0 Å². The summed E-state index contributed by atoms with van der Waals surface area (Å²) < 4.78 is 5.03. The average Bonchev–Trinajstić information content (AvgIpc) is 2.47. The number of carbonyl (C=O) groups is 2. The summed E-state index contributed by atoms with van der Waals surface area (Å²) in [4.78, 5) is 27.7. The molecule has 0 unspecified atom stereocenters. The molecule has 0 spiro atoms. The van der Waals surface area contributed by atoms with E-state index in [0.717, 1.165) is 5.56 Å². The standard InChI is InChI=1S/C16H15NO3/c1-3-20-16(19)13-9-10-14(11(2)18)17-15(13)12-7-5-4-6-8-12/h4-10H,3H2,1-2H3. The maximum Gasteiger partial charge on any atom is 0.340 e. The Morgan fingerprint density at radius 3 is 2.40 bits per heavy atom. The van der Waals surface area contributed by atoms with Crippen LogP contribution in [0.2, 0.25) is 0 Å². The van der Waals surface area contributed by atoms with Crippen LogP contribution in [0.1, 0.15) is 34.7 Å². The summed E-state index contributed by atoms with van der Waals surface area (Å²) >= 11 is 0. The molecule has 20 heavy (non-hydrogen) atoms. The molecule has 0 amide bonds. The lowest BCUT2D eigenvalue weighted by atomic mass is 10.0. The predicted molar refractivity (Wildman–Crippen MR) is 75.6 cm³/mol. The van der Waals surface area contributed by atoms with E-state index in [0.29, 0.717) is 23.6 Å². The lowest BCUT2D eigenvalue weighted by Crippen LogP contribution is -2.09. The lowest BCUT2D eigenvalue weighted by molar-refractivity contribution is 0.0526. The molecule has 0 aliphatic rings. The monoisotopic (exact) mass is 269 g/mol. The number of rotatable bonds is 4. The van der Waals surface area contributed by atoms with Crippen LogP contribution in [0.25, 0.3) is 11.3 Å². The van der Waals surface area contributed by atoms with Crippen LogP contribution in [0.15, 0.2) is 42.5 Å². The van der Waals surface area contributed by atoms with Crippen LogP contribution < -0.4 is 0 Å². The van der Waals surface area contributed by atoms with Gasteiger partial charge in [0.2, 0.25) is 0 Å². The molecule has 0 fully saturated rings. The Hall–Kier alpha value is -2.49. The topological polar surface area (TPSA) is 56.3 Å². The molecule has 102 valence electrons. The van der Waals surface area contributed by atoms with E-state index in [-0.39, 0.29) is 5.78 Å². The molecule has 4 heteroatoms. The van der Waals surface area contributed by atoms with Crippen LogP contribution in [0.5, 0.6) is 0 Å². The molecule has 0 saturated heterocycles. The molecule has 2 aromatic rings. The molecule has 0 radical (unpaired) electrons. The van der Waals surface area contributed by atoms with Crippen molar-refractivity contribution in [2.45, 2.75) is 13.8 Å². The maximum absolute atomic E-state index is 12.0. The van der Waals surface area contributed by atoms with Crippen LogP contribution in [0.3, 0.4) is 0 Å². The Morgan fingerprint density at radius 1 is 1.10 bits per heavy atom. The van der Waals surface area contributed by atoms with Gasteiger partial charge in [-0.05, 0) is 19.1 Å². The van der Waals surface area contributed by atoms with Gasteiger partial charge in [0.25, 0.3) is 0 Å². The third-order valence-electron chi connectivity index (χ3n) is 2.80. The zero-order chi connectivity index (χ0) is 14.5. The van der Waals surface area contributed by atoms with Crippen molar-refractivity contribution in [3.05, 3.63) is 53.7 Å². The number of carbonyl (C=O) groups excluding carboxylic acids is 2. The van der Waals surface area contributed by atoms with Gasteiger partial charge in [0.1, 0.15) is 5.69 Å². The molecule has 0 saturated carbocycles. The van der Waals surface area contributed by atoms with Crippen LogP contribution >= 0.6 is 0 Å². The number of ether oxygens (including phenoxy) is 1. The highest BCUT2D eigenvalue weighted by molar-refractivity contribution is 5.98. The van der Waals surface area contributed by atoms with Crippen LogP contribution in [-0.2, 0) is 4.74 Å². The Bertz CT molecular complexity index is 635. The van der Waals surface area contributed by atoms with E-state index in [1.54, 1.807) is 19.1 Å². The molecule has 2 rings (SSSR count). The molecule has 1 aromatic heterocycles. The van der Waals surface area contributed by atoms with Crippen molar-refractivity contribution in [3.8, 4) is 11.3 Å². The molecular weight excluding hydrogens is 254 g/mol. The zero-order valence-electron chi connectivity index (χ0n) is 11.4. The Kier molecular flexibility index (Phi) is 4.25.